The highest BCUT2D eigenvalue weighted by Crippen LogP contribution is 2.26. The lowest BCUT2D eigenvalue weighted by Gasteiger charge is -2.06. The number of carbonyl (C=O) groups is 2. The number of aromatic carboxylic acids is 2. The third-order valence-electron chi connectivity index (χ3n) is 2.87. The molecule has 0 saturated heterocycles. The molecule has 0 radical (unpaired) electrons. The van der Waals surface area contributed by atoms with Crippen molar-refractivity contribution in [2.24, 2.45) is 0 Å². The first kappa shape index (κ1) is 14.2. The van der Waals surface area contributed by atoms with Crippen LogP contribution in [0.15, 0.2) is 42.5 Å². The highest BCUT2D eigenvalue weighted by atomic mass is 16.6. The molecule has 0 aliphatic heterocycles. The normalized spacial score (nSPS) is 10.1. The minimum Gasteiger partial charge on any atom is -0.478 e. The number of hydrogen-bond acceptors (Lipinski definition) is 4. The van der Waals surface area contributed by atoms with Crippen LogP contribution in [0.4, 0.5) is 5.69 Å². The average molecular weight is 287 g/mol. The lowest BCUT2D eigenvalue weighted by Crippen LogP contribution is -2.08. The molecule has 2 rings (SSSR count). The van der Waals surface area contributed by atoms with E-state index in [0.717, 1.165) is 0 Å². The van der Waals surface area contributed by atoms with Gasteiger partial charge in [0.15, 0.2) is 0 Å². The number of rotatable bonds is 4. The number of hydrogen-bond donors (Lipinski definition) is 2. The molecule has 0 aliphatic carbocycles. The molecule has 0 amide bonds. The van der Waals surface area contributed by atoms with Crippen molar-refractivity contribution in [3.63, 3.8) is 0 Å². The van der Waals surface area contributed by atoms with E-state index in [2.05, 4.69) is 0 Å². The molecule has 0 fully saturated rings. The number of non-ortho nitro benzene ring substituents is 1. The maximum atomic E-state index is 11.1. The predicted molar refractivity (Wildman–Crippen MR) is 72.5 cm³/mol. The molecule has 0 bridgehead atoms. The molecule has 2 aromatic rings. The Morgan fingerprint density at radius 3 is 2.10 bits per heavy atom. The maximum absolute atomic E-state index is 11.1. The van der Waals surface area contributed by atoms with Crippen LogP contribution in [0.5, 0.6) is 0 Å². The summed E-state index contributed by atoms with van der Waals surface area (Å²) >= 11 is 0. The molecule has 0 aromatic heterocycles. The predicted octanol–water partition coefficient (Wildman–Crippen LogP) is 2.66. The van der Waals surface area contributed by atoms with Crippen LogP contribution in [0, 0.1) is 10.1 Å². The van der Waals surface area contributed by atoms with Crippen LogP contribution in [0.25, 0.3) is 11.1 Å². The topological polar surface area (TPSA) is 118 Å². The number of benzene rings is 2. The SMILES string of the molecule is O=C(O)c1ccc(-c2cccc([N+](=O)[O-])c2)cc1C(=O)O. The van der Waals surface area contributed by atoms with Gasteiger partial charge in [-0.3, -0.25) is 10.1 Å². The summed E-state index contributed by atoms with van der Waals surface area (Å²) in [5.41, 5.74) is -0.0142. The lowest BCUT2D eigenvalue weighted by atomic mass is 9.99. The number of carboxylic acid groups (broad SMARTS) is 2. The Labute approximate surface area is 118 Å². The fourth-order valence-electron chi connectivity index (χ4n) is 1.89. The molecule has 0 saturated carbocycles. The molecule has 7 nitrogen and oxygen atoms in total. The van der Waals surface area contributed by atoms with Crippen LogP contribution < -0.4 is 0 Å². The van der Waals surface area contributed by atoms with Gasteiger partial charge >= 0.3 is 11.9 Å². The minimum atomic E-state index is -1.38. The monoisotopic (exact) mass is 287 g/mol. The molecule has 0 aliphatic rings. The molecule has 7 heteroatoms. The van der Waals surface area contributed by atoms with Gasteiger partial charge in [0.05, 0.1) is 16.1 Å². The second-order valence-electron chi connectivity index (χ2n) is 4.18. The van der Waals surface area contributed by atoms with Crippen LogP contribution in [0.2, 0.25) is 0 Å². The Balaban J connectivity index is 2.58. The first-order chi connectivity index (χ1) is 9.90. The second kappa shape index (κ2) is 5.41. The van der Waals surface area contributed by atoms with E-state index in [1.165, 1.54) is 36.4 Å². The highest BCUT2D eigenvalue weighted by Gasteiger charge is 2.17. The molecule has 21 heavy (non-hydrogen) atoms. The Morgan fingerprint density at radius 2 is 1.52 bits per heavy atom. The van der Waals surface area contributed by atoms with E-state index in [4.69, 9.17) is 10.2 Å². The third-order valence-corrected chi connectivity index (χ3v) is 2.87. The van der Waals surface area contributed by atoms with E-state index < -0.39 is 16.9 Å². The van der Waals surface area contributed by atoms with Crippen molar-refractivity contribution in [2.75, 3.05) is 0 Å². The number of nitro benzene ring substituents is 1. The summed E-state index contributed by atoms with van der Waals surface area (Å²) in [7, 11) is 0. The van der Waals surface area contributed by atoms with Gasteiger partial charge in [-0.1, -0.05) is 18.2 Å². The first-order valence-electron chi connectivity index (χ1n) is 5.75. The Hall–Kier alpha value is -3.22. The third kappa shape index (κ3) is 2.86. The minimum absolute atomic E-state index is 0.133. The van der Waals surface area contributed by atoms with E-state index in [1.54, 1.807) is 6.07 Å². The average Bonchev–Trinajstić information content (AvgIpc) is 2.46. The standard InChI is InChI=1S/C14H9NO6/c16-13(17)11-5-4-9(7-12(11)14(18)19)8-2-1-3-10(6-8)15(20)21/h1-7H,(H,16,17)(H,18,19). The van der Waals surface area contributed by atoms with Crippen LogP contribution in [-0.4, -0.2) is 27.1 Å². The van der Waals surface area contributed by atoms with Crippen molar-refractivity contribution >= 4 is 17.6 Å². The van der Waals surface area contributed by atoms with Crippen molar-refractivity contribution < 1.29 is 24.7 Å². The van der Waals surface area contributed by atoms with Gasteiger partial charge < -0.3 is 10.2 Å². The molecule has 0 atom stereocenters. The van der Waals surface area contributed by atoms with Gasteiger partial charge in [0.1, 0.15) is 0 Å². The van der Waals surface area contributed by atoms with Crippen molar-refractivity contribution in [3.8, 4) is 11.1 Å². The lowest BCUT2D eigenvalue weighted by molar-refractivity contribution is -0.384. The van der Waals surface area contributed by atoms with Gasteiger partial charge in [-0.2, -0.15) is 0 Å². The van der Waals surface area contributed by atoms with Crippen LogP contribution in [-0.2, 0) is 0 Å². The van der Waals surface area contributed by atoms with Crippen LogP contribution in [0.3, 0.4) is 0 Å². The zero-order valence-corrected chi connectivity index (χ0v) is 10.5. The summed E-state index contributed by atoms with van der Waals surface area (Å²) < 4.78 is 0. The maximum Gasteiger partial charge on any atom is 0.336 e. The number of nitrogens with zero attached hydrogens (tertiary/aromatic N) is 1. The van der Waals surface area contributed by atoms with Gasteiger partial charge in [0.25, 0.3) is 5.69 Å². The largest absolute Gasteiger partial charge is 0.478 e. The fourth-order valence-corrected chi connectivity index (χ4v) is 1.89. The van der Waals surface area contributed by atoms with E-state index in [-0.39, 0.29) is 16.8 Å². The van der Waals surface area contributed by atoms with Gasteiger partial charge in [-0.05, 0) is 23.3 Å². The summed E-state index contributed by atoms with van der Waals surface area (Å²) in [6.07, 6.45) is 0. The van der Waals surface area contributed by atoms with Crippen molar-refractivity contribution in [1.29, 1.82) is 0 Å². The fraction of sp³-hybridized carbons (Fsp3) is 0. The molecule has 2 N–H and O–H groups in total. The molecular weight excluding hydrogens is 278 g/mol. The molecule has 0 heterocycles. The van der Waals surface area contributed by atoms with Crippen LogP contribution >= 0.6 is 0 Å². The molecule has 0 unspecified atom stereocenters. The van der Waals surface area contributed by atoms with E-state index in [9.17, 15) is 19.7 Å². The number of carboxylic acids is 2. The quantitative estimate of drug-likeness (QED) is 0.659. The first-order valence-corrected chi connectivity index (χ1v) is 5.75. The molecule has 2 aromatic carbocycles. The van der Waals surface area contributed by atoms with E-state index >= 15 is 0 Å². The Kier molecular flexibility index (Phi) is 3.66. The summed E-state index contributed by atoms with van der Waals surface area (Å²) in [6.45, 7) is 0. The molecular formula is C14H9NO6. The van der Waals surface area contributed by atoms with Gasteiger partial charge in [-0.25, -0.2) is 9.59 Å². The van der Waals surface area contributed by atoms with Crippen molar-refractivity contribution in [1.82, 2.24) is 0 Å². The summed E-state index contributed by atoms with van der Waals surface area (Å²) in [5.74, 6) is -2.72. The second-order valence-corrected chi connectivity index (χ2v) is 4.18. The van der Waals surface area contributed by atoms with Crippen molar-refractivity contribution in [3.05, 3.63) is 63.7 Å². The summed E-state index contributed by atoms with van der Waals surface area (Å²) in [4.78, 5) is 32.3. The van der Waals surface area contributed by atoms with Crippen LogP contribution in [0.1, 0.15) is 20.7 Å². The molecule has 0 spiro atoms. The van der Waals surface area contributed by atoms with Gasteiger partial charge in [0.2, 0.25) is 0 Å². The Bertz CT molecular complexity index is 753. The van der Waals surface area contributed by atoms with E-state index in [0.29, 0.717) is 11.1 Å². The van der Waals surface area contributed by atoms with E-state index in [1.807, 2.05) is 0 Å². The van der Waals surface area contributed by atoms with Gasteiger partial charge in [0, 0.05) is 12.1 Å². The summed E-state index contributed by atoms with van der Waals surface area (Å²) in [6, 6.07) is 9.42. The number of nitro groups is 1. The highest BCUT2D eigenvalue weighted by molar-refractivity contribution is 6.02. The molecule has 106 valence electrons. The van der Waals surface area contributed by atoms with Crippen molar-refractivity contribution in [2.45, 2.75) is 0 Å². The van der Waals surface area contributed by atoms with Gasteiger partial charge in [-0.15, -0.1) is 0 Å². The Morgan fingerprint density at radius 1 is 0.905 bits per heavy atom. The zero-order chi connectivity index (χ0) is 15.6. The summed E-state index contributed by atoms with van der Waals surface area (Å²) in [5, 5.41) is 28.7. The zero-order valence-electron chi connectivity index (χ0n) is 10.5. The smallest absolute Gasteiger partial charge is 0.336 e.